The van der Waals surface area contributed by atoms with Gasteiger partial charge in [-0.05, 0) is 18.8 Å². The van der Waals surface area contributed by atoms with E-state index in [1.54, 1.807) is 0 Å². The molecule has 0 aromatic rings. The Hall–Kier alpha value is -0.160. The summed E-state index contributed by atoms with van der Waals surface area (Å²) in [5, 5.41) is 0. The quantitative estimate of drug-likeness (QED) is 0.621. The van der Waals surface area contributed by atoms with Crippen LogP contribution in [0.3, 0.4) is 0 Å². The lowest BCUT2D eigenvalue weighted by molar-refractivity contribution is 0.00176. The highest BCUT2D eigenvalue weighted by Crippen LogP contribution is 2.19. The second-order valence-electron chi connectivity index (χ2n) is 3.34. The predicted molar refractivity (Wildman–Crippen MR) is 43.0 cm³/mol. The molecule has 3 nitrogen and oxygen atoms in total. The fourth-order valence-corrected chi connectivity index (χ4v) is 2.00. The lowest BCUT2D eigenvalue weighted by Gasteiger charge is -2.25. The van der Waals surface area contributed by atoms with Gasteiger partial charge in [0.2, 0.25) is 0 Å². The van der Waals surface area contributed by atoms with Crippen molar-refractivity contribution < 1.29 is 17.0 Å². The Morgan fingerprint density at radius 3 is 2.58 bits per heavy atom. The molecule has 1 aliphatic rings. The fraction of sp³-hybridized carbons (Fsp3) is 1.00. The van der Waals surface area contributed by atoms with Gasteiger partial charge in [0.05, 0.1) is 6.10 Å². The molecule has 1 rings (SSSR count). The first-order valence-corrected chi connectivity index (χ1v) is 5.56. The summed E-state index contributed by atoms with van der Waals surface area (Å²) in [7, 11) is -4.37. The molecule has 0 bridgehead atoms. The van der Waals surface area contributed by atoms with Crippen molar-refractivity contribution >= 4 is 10.2 Å². The molecular weight excluding hydrogens is 183 g/mol. The molecule has 0 spiro atoms. The third kappa shape index (κ3) is 3.49. The van der Waals surface area contributed by atoms with E-state index in [-0.39, 0.29) is 0 Å². The Bertz CT molecular complexity index is 229. The molecule has 1 aliphatic heterocycles. The second-order valence-corrected chi connectivity index (χ2v) is 4.75. The van der Waals surface area contributed by atoms with Crippen molar-refractivity contribution in [3.8, 4) is 0 Å². The molecule has 12 heavy (non-hydrogen) atoms. The summed E-state index contributed by atoms with van der Waals surface area (Å²) < 4.78 is 37.8. The first kappa shape index (κ1) is 9.92. The second kappa shape index (κ2) is 3.70. The Morgan fingerprint density at radius 2 is 2.17 bits per heavy atom. The molecule has 0 aliphatic carbocycles. The van der Waals surface area contributed by atoms with E-state index in [1.165, 1.54) is 0 Å². The number of halogens is 1. The third-order valence-corrected chi connectivity index (χ3v) is 2.75. The highest BCUT2D eigenvalue weighted by atomic mass is 32.3. The first-order valence-electron chi connectivity index (χ1n) is 4.01. The lowest BCUT2D eigenvalue weighted by Crippen LogP contribution is -2.29. The highest BCUT2D eigenvalue weighted by Gasteiger charge is 2.23. The van der Waals surface area contributed by atoms with Crippen LogP contribution in [-0.4, -0.2) is 26.9 Å². The normalized spacial score (nSPS) is 31.8. The van der Waals surface area contributed by atoms with Gasteiger partial charge in [0, 0.05) is 6.61 Å². The zero-order valence-electron chi connectivity index (χ0n) is 6.99. The van der Waals surface area contributed by atoms with Crippen molar-refractivity contribution in [1.29, 1.82) is 0 Å². The van der Waals surface area contributed by atoms with Gasteiger partial charge >= 0.3 is 10.2 Å². The molecule has 0 saturated carbocycles. The van der Waals surface area contributed by atoms with Crippen molar-refractivity contribution in [3.63, 3.8) is 0 Å². The molecule has 5 heteroatoms. The van der Waals surface area contributed by atoms with Crippen LogP contribution in [-0.2, 0) is 15.0 Å². The van der Waals surface area contributed by atoms with Gasteiger partial charge in [-0.25, -0.2) is 0 Å². The molecule has 0 radical (unpaired) electrons. The minimum Gasteiger partial charge on any atom is -0.377 e. The van der Waals surface area contributed by atoms with E-state index >= 15 is 0 Å². The average molecular weight is 196 g/mol. The summed E-state index contributed by atoms with van der Waals surface area (Å²) in [5.41, 5.74) is 0. The van der Waals surface area contributed by atoms with Crippen LogP contribution < -0.4 is 0 Å². The zero-order valence-corrected chi connectivity index (χ0v) is 7.81. The third-order valence-electron chi connectivity index (χ3n) is 1.98. The van der Waals surface area contributed by atoms with Crippen LogP contribution in [0, 0.1) is 5.92 Å². The van der Waals surface area contributed by atoms with Crippen molar-refractivity contribution in [3.05, 3.63) is 0 Å². The lowest BCUT2D eigenvalue weighted by atomic mass is 10.0. The molecule has 72 valence electrons. The molecular formula is C7H13FO3S. The predicted octanol–water partition coefficient (Wildman–Crippen LogP) is 1.10. The SMILES string of the molecule is CC1CCC(CS(=O)(=O)F)OC1. The van der Waals surface area contributed by atoms with Crippen LogP contribution in [0.25, 0.3) is 0 Å². The van der Waals surface area contributed by atoms with Crippen molar-refractivity contribution in [1.82, 2.24) is 0 Å². The Kier molecular flexibility index (Phi) is 3.06. The van der Waals surface area contributed by atoms with Crippen molar-refractivity contribution in [2.45, 2.75) is 25.9 Å². The standard InChI is InChI=1S/C7H13FO3S/c1-6-2-3-7(11-4-6)5-12(8,9)10/h6-7H,2-5H2,1H3. The van der Waals surface area contributed by atoms with E-state index in [1.807, 2.05) is 6.92 Å². The van der Waals surface area contributed by atoms with Crippen LogP contribution in [0.2, 0.25) is 0 Å². The summed E-state index contributed by atoms with van der Waals surface area (Å²) >= 11 is 0. The Labute approximate surface area is 72.1 Å². The van der Waals surface area contributed by atoms with Crippen molar-refractivity contribution in [2.24, 2.45) is 5.92 Å². The van der Waals surface area contributed by atoms with E-state index < -0.39 is 22.1 Å². The minimum absolute atomic E-state index is 0.434. The number of ether oxygens (including phenoxy) is 1. The molecule has 2 atom stereocenters. The smallest absolute Gasteiger partial charge is 0.304 e. The maximum absolute atomic E-state index is 12.2. The van der Waals surface area contributed by atoms with Gasteiger partial charge in [0.15, 0.2) is 0 Å². The van der Waals surface area contributed by atoms with Gasteiger partial charge in [0.25, 0.3) is 0 Å². The summed E-state index contributed by atoms with van der Waals surface area (Å²) in [6.07, 6.45) is 1.13. The first-order chi connectivity index (χ1) is 5.47. The molecule has 0 amide bonds. The van der Waals surface area contributed by atoms with E-state index in [9.17, 15) is 12.3 Å². The van der Waals surface area contributed by atoms with Gasteiger partial charge in [-0.1, -0.05) is 6.92 Å². The van der Waals surface area contributed by atoms with Crippen LogP contribution in [0.5, 0.6) is 0 Å². The maximum Gasteiger partial charge on any atom is 0.304 e. The summed E-state index contributed by atoms with van der Waals surface area (Å²) in [6.45, 7) is 2.57. The molecule has 0 N–H and O–H groups in total. The van der Waals surface area contributed by atoms with Gasteiger partial charge in [0.1, 0.15) is 5.75 Å². The van der Waals surface area contributed by atoms with Crippen LogP contribution in [0.15, 0.2) is 0 Å². The van der Waals surface area contributed by atoms with Crippen LogP contribution in [0.4, 0.5) is 3.89 Å². The highest BCUT2D eigenvalue weighted by molar-refractivity contribution is 7.86. The minimum atomic E-state index is -4.37. The number of rotatable bonds is 2. The van der Waals surface area contributed by atoms with Crippen LogP contribution >= 0.6 is 0 Å². The van der Waals surface area contributed by atoms with Gasteiger partial charge < -0.3 is 4.74 Å². The number of hydrogen-bond acceptors (Lipinski definition) is 3. The molecule has 0 aromatic carbocycles. The van der Waals surface area contributed by atoms with Crippen LogP contribution in [0.1, 0.15) is 19.8 Å². The van der Waals surface area contributed by atoms with Gasteiger partial charge in [-0.15, -0.1) is 3.89 Å². The topological polar surface area (TPSA) is 43.4 Å². The Balaban J connectivity index is 2.36. The summed E-state index contributed by atoms with van der Waals surface area (Å²) in [4.78, 5) is 0. The average Bonchev–Trinajstić information content (AvgIpc) is 1.91. The Morgan fingerprint density at radius 1 is 1.50 bits per heavy atom. The molecule has 0 aromatic heterocycles. The van der Waals surface area contributed by atoms with E-state index in [0.717, 1.165) is 6.42 Å². The van der Waals surface area contributed by atoms with E-state index in [0.29, 0.717) is 18.9 Å². The van der Waals surface area contributed by atoms with Gasteiger partial charge in [-0.2, -0.15) is 8.42 Å². The zero-order chi connectivity index (χ0) is 9.19. The monoisotopic (exact) mass is 196 g/mol. The van der Waals surface area contributed by atoms with Gasteiger partial charge in [-0.3, -0.25) is 0 Å². The van der Waals surface area contributed by atoms with Crippen molar-refractivity contribution in [2.75, 3.05) is 12.4 Å². The maximum atomic E-state index is 12.2. The molecule has 2 unspecified atom stereocenters. The molecule has 1 fully saturated rings. The fourth-order valence-electron chi connectivity index (χ4n) is 1.29. The largest absolute Gasteiger partial charge is 0.377 e. The number of hydrogen-bond donors (Lipinski definition) is 0. The molecule has 1 saturated heterocycles. The summed E-state index contributed by atoms with van der Waals surface area (Å²) in [5.74, 6) is -0.0248. The summed E-state index contributed by atoms with van der Waals surface area (Å²) in [6, 6.07) is 0. The molecule has 1 heterocycles. The van der Waals surface area contributed by atoms with E-state index in [4.69, 9.17) is 4.74 Å². The van der Waals surface area contributed by atoms with E-state index in [2.05, 4.69) is 0 Å².